The minimum absolute atomic E-state index is 0.0581. The molecule has 3 aliphatic carbocycles. The fourth-order valence-corrected chi connectivity index (χ4v) is 8.95. The zero-order valence-corrected chi connectivity index (χ0v) is 29.7. The number of rotatable bonds is 9. The van der Waals surface area contributed by atoms with Gasteiger partial charge in [0.15, 0.2) is 0 Å². The number of methoxy groups -OCH3 is 2. The molecular formula is C40H56N6O3. The van der Waals surface area contributed by atoms with E-state index in [1.54, 1.807) is 14.2 Å². The summed E-state index contributed by atoms with van der Waals surface area (Å²) in [5, 5.41) is 20.6. The van der Waals surface area contributed by atoms with Gasteiger partial charge in [-0.2, -0.15) is 0 Å². The van der Waals surface area contributed by atoms with Crippen molar-refractivity contribution in [1.82, 2.24) is 25.1 Å². The Morgan fingerprint density at radius 3 is 2.22 bits per heavy atom. The van der Waals surface area contributed by atoms with Crippen molar-refractivity contribution in [3.05, 3.63) is 76.7 Å². The molecule has 1 aromatic heterocycles. The third-order valence-corrected chi connectivity index (χ3v) is 11.8. The van der Waals surface area contributed by atoms with Crippen molar-refractivity contribution >= 4 is 5.91 Å². The predicted molar refractivity (Wildman–Crippen MR) is 192 cm³/mol. The predicted octanol–water partition coefficient (Wildman–Crippen LogP) is 6.88. The Kier molecular flexibility index (Phi) is 10.2. The van der Waals surface area contributed by atoms with E-state index in [1.807, 2.05) is 52.8 Å². The van der Waals surface area contributed by atoms with Crippen molar-refractivity contribution in [2.75, 3.05) is 14.2 Å². The van der Waals surface area contributed by atoms with E-state index >= 15 is 0 Å². The van der Waals surface area contributed by atoms with Gasteiger partial charge in [-0.25, -0.2) is 0 Å². The average molecular weight is 669 g/mol. The Morgan fingerprint density at radius 2 is 1.57 bits per heavy atom. The van der Waals surface area contributed by atoms with Gasteiger partial charge in [0, 0.05) is 43.2 Å². The molecule has 9 nitrogen and oxygen atoms in total. The van der Waals surface area contributed by atoms with Gasteiger partial charge < -0.3 is 23.9 Å². The fraction of sp³-hybridized carbons (Fsp3) is 0.600. The zero-order chi connectivity index (χ0) is 34.0. The minimum Gasteiger partial charge on any atom is -0.497 e. The second kappa shape index (κ2) is 14.7. The number of nitrogens with one attached hydrogen (secondary N) is 4. The van der Waals surface area contributed by atoms with Crippen molar-refractivity contribution in [1.29, 1.82) is 5.41 Å². The number of carbonyl (C=O) groups excluding carboxylic acids is 1. The molecule has 4 aliphatic rings. The Labute approximate surface area is 291 Å². The van der Waals surface area contributed by atoms with Crippen LogP contribution in [-0.2, 0) is 13.6 Å². The number of hydrogen-bond donors (Lipinski definition) is 4. The smallest absolute Gasteiger partial charge is 0.251 e. The van der Waals surface area contributed by atoms with Crippen molar-refractivity contribution in [2.45, 2.75) is 120 Å². The molecule has 2 heterocycles. The average Bonchev–Trinajstić information content (AvgIpc) is 3.91. The maximum atomic E-state index is 14.4. The summed E-state index contributed by atoms with van der Waals surface area (Å²) in [4.78, 5) is 14.4. The highest BCUT2D eigenvalue weighted by Gasteiger charge is 2.46. The Bertz CT molecular complexity index is 1640. The largest absolute Gasteiger partial charge is 0.497 e. The van der Waals surface area contributed by atoms with Crippen LogP contribution >= 0.6 is 0 Å². The molecule has 1 saturated heterocycles. The summed E-state index contributed by atoms with van der Waals surface area (Å²) in [6, 6.07) is 13.0. The maximum absolute atomic E-state index is 14.4. The number of aromatic nitrogens is 2. The highest BCUT2D eigenvalue weighted by molar-refractivity contribution is 5.95. The number of fused-ring (bicyclic) bond motifs is 1. The van der Waals surface area contributed by atoms with E-state index in [0.717, 1.165) is 48.3 Å². The molecule has 3 saturated carbocycles. The van der Waals surface area contributed by atoms with E-state index < -0.39 is 0 Å². The summed E-state index contributed by atoms with van der Waals surface area (Å²) in [6.45, 7) is 0.539. The number of nitrogens with zero attached hydrogens (tertiary/aromatic N) is 2. The molecule has 7 rings (SSSR count). The molecule has 0 radical (unpaired) electrons. The van der Waals surface area contributed by atoms with Gasteiger partial charge in [-0.05, 0) is 91.3 Å². The second-order valence-electron chi connectivity index (χ2n) is 15.3. The van der Waals surface area contributed by atoms with Gasteiger partial charge in [0.1, 0.15) is 11.5 Å². The summed E-state index contributed by atoms with van der Waals surface area (Å²) in [5.41, 5.74) is 4.32. The van der Waals surface area contributed by atoms with Gasteiger partial charge in [-0.3, -0.25) is 20.8 Å². The molecule has 49 heavy (non-hydrogen) atoms. The molecule has 1 amide bonds. The number of aryl methyl sites for hydroxylation is 1. The lowest BCUT2D eigenvalue weighted by Crippen LogP contribution is -2.68. The molecule has 4 atom stereocenters. The van der Waals surface area contributed by atoms with Crippen molar-refractivity contribution < 1.29 is 14.3 Å². The first-order chi connectivity index (χ1) is 23.8. The van der Waals surface area contributed by atoms with Gasteiger partial charge >= 0.3 is 0 Å². The summed E-state index contributed by atoms with van der Waals surface area (Å²) < 4.78 is 15.0. The first kappa shape index (κ1) is 33.9. The van der Waals surface area contributed by atoms with Crippen molar-refractivity contribution in [2.24, 2.45) is 18.9 Å². The molecule has 1 aliphatic heterocycles. The van der Waals surface area contributed by atoms with Gasteiger partial charge in [-0.1, -0.05) is 57.4 Å². The van der Waals surface area contributed by atoms with Crippen LogP contribution in [0.25, 0.3) is 0 Å². The third-order valence-electron chi connectivity index (χ3n) is 11.8. The Morgan fingerprint density at radius 1 is 0.878 bits per heavy atom. The molecule has 3 aromatic rings. The van der Waals surface area contributed by atoms with E-state index in [2.05, 4.69) is 28.1 Å². The number of carbonyl (C=O) groups is 1. The number of amides is 1. The van der Waals surface area contributed by atoms with Crippen LogP contribution in [0.2, 0.25) is 0 Å². The molecule has 264 valence electrons. The monoisotopic (exact) mass is 668 g/mol. The summed E-state index contributed by atoms with van der Waals surface area (Å²) >= 11 is 0. The van der Waals surface area contributed by atoms with Crippen LogP contribution in [0.4, 0.5) is 0 Å². The van der Waals surface area contributed by atoms with Crippen LogP contribution < -0.4 is 31.0 Å². The fourth-order valence-electron chi connectivity index (χ4n) is 8.95. The van der Waals surface area contributed by atoms with Crippen molar-refractivity contribution in [3.8, 4) is 11.5 Å². The van der Waals surface area contributed by atoms with E-state index in [-0.39, 0.29) is 23.7 Å². The first-order valence-corrected chi connectivity index (χ1v) is 18.8. The maximum Gasteiger partial charge on any atom is 0.251 e. The number of benzene rings is 2. The van der Waals surface area contributed by atoms with Crippen molar-refractivity contribution in [3.63, 3.8) is 0 Å². The van der Waals surface area contributed by atoms with E-state index in [4.69, 9.17) is 14.9 Å². The van der Waals surface area contributed by atoms with Crippen LogP contribution in [0, 0.1) is 17.2 Å². The molecule has 9 heteroatoms. The summed E-state index contributed by atoms with van der Waals surface area (Å²) in [7, 11) is 5.23. The van der Waals surface area contributed by atoms with Crippen LogP contribution in [0.3, 0.4) is 0 Å². The zero-order valence-electron chi connectivity index (χ0n) is 29.7. The van der Waals surface area contributed by atoms with Gasteiger partial charge in [-0.15, -0.1) is 0 Å². The summed E-state index contributed by atoms with van der Waals surface area (Å²) in [6.07, 6.45) is 21.0. The lowest BCUT2D eigenvalue weighted by atomic mass is 9.73. The molecule has 2 aromatic carbocycles. The van der Waals surface area contributed by atoms with E-state index in [9.17, 15) is 4.79 Å². The quantitative estimate of drug-likeness (QED) is 0.199. The first-order valence-electron chi connectivity index (χ1n) is 18.8. The Balaban J connectivity index is 1.25. The molecular weight excluding hydrogens is 612 g/mol. The topological polar surface area (TPSA) is 105 Å². The molecule has 4 N–H and O–H groups in total. The molecule has 4 fully saturated rings. The highest BCUT2D eigenvalue weighted by Crippen LogP contribution is 2.44. The highest BCUT2D eigenvalue weighted by atomic mass is 16.5. The normalized spacial score (nSPS) is 24.6. The molecule has 1 spiro atoms. The lowest BCUT2D eigenvalue weighted by molar-refractivity contribution is 0.0438. The van der Waals surface area contributed by atoms with Gasteiger partial charge in [0.25, 0.3) is 5.91 Å². The second-order valence-corrected chi connectivity index (χ2v) is 15.3. The van der Waals surface area contributed by atoms with Crippen LogP contribution in [0.15, 0.2) is 48.8 Å². The molecule has 0 bridgehead atoms. The van der Waals surface area contributed by atoms with Crippen LogP contribution in [0.1, 0.15) is 129 Å². The molecule has 4 unspecified atom stereocenters. The van der Waals surface area contributed by atoms with E-state index in [0.29, 0.717) is 35.6 Å². The number of ether oxygens (including phenoxy) is 2. The lowest BCUT2D eigenvalue weighted by Gasteiger charge is -2.53. The minimum atomic E-state index is -0.131. The third kappa shape index (κ3) is 7.63. The number of hydrogen-bond acceptors (Lipinski definition) is 6. The van der Waals surface area contributed by atoms with Crippen LogP contribution in [0.5, 0.6) is 11.5 Å². The van der Waals surface area contributed by atoms with Gasteiger partial charge in [0.2, 0.25) is 5.62 Å². The number of imidazole rings is 1. The van der Waals surface area contributed by atoms with Gasteiger partial charge in [0.05, 0.1) is 32.5 Å². The Hall–Kier alpha value is -3.56. The standard InChI is InChI=1S/C40H56N6O3/c1-45-18-19-46(39(45)41)26-27-20-29(37-34-12-8-9-13-35(34)43-40(44-37)16-10-6-4-5-7-11-17-40)22-31(21-27)38(47)42-36(28-14-15-28)30-23-32(48-2)25-33(24-30)49-3/h18-25,28,34-37,41,43-44H,4-17,26H2,1-3H3,(H,42,47). The SMILES string of the molecule is COc1cc(OC)cc(C(NC(=O)c2cc(Cn3ccn(C)c3=N)cc(C3NC4(CCCCCCCC4)NC4CCCCC43)c2)C2CC2)c1. The van der Waals surface area contributed by atoms with E-state index in [1.165, 1.54) is 69.8 Å². The summed E-state index contributed by atoms with van der Waals surface area (Å²) in [5.74, 6) is 2.24. The van der Waals surface area contributed by atoms with Crippen LogP contribution in [-0.4, -0.2) is 41.0 Å².